The number of hydrogen-bond acceptors (Lipinski definition) is 4. The average Bonchev–Trinajstić information content (AvgIpc) is 2.86. The van der Waals surface area contributed by atoms with E-state index in [1.165, 1.54) is 18.2 Å². The molecule has 1 amide bonds. The normalized spacial score (nSPS) is 10.2. The summed E-state index contributed by atoms with van der Waals surface area (Å²) in [4.78, 5) is 22.5. The Kier molecular flexibility index (Phi) is 4.77. The molecule has 1 aromatic heterocycles. The van der Waals surface area contributed by atoms with Crippen LogP contribution in [0, 0.1) is 5.82 Å². The number of rotatable bonds is 5. The summed E-state index contributed by atoms with van der Waals surface area (Å²) >= 11 is 6.68. The van der Waals surface area contributed by atoms with E-state index in [1.807, 2.05) is 0 Å². The van der Waals surface area contributed by atoms with E-state index in [0.29, 0.717) is 5.00 Å². The number of anilines is 1. The van der Waals surface area contributed by atoms with Crippen LogP contribution in [0.15, 0.2) is 30.3 Å². The first-order valence-corrected chi connectivity index (χ1v) is 6.86. The van der Waals surface area contributed by atoms with Gasteiger partial charge in [-0.3, -0.25) is 4.79 Å². The molecule has 0 atom stereocenters. The van der Waals surface area contributed by atoms with Gasteiger partial charge in [-0.05, 0) is 30.3 Å². The lowest BCUT2D eigenvalue weighted by atomic mass is 10.3. The van der Waals surface area contributed by atoms with Crippen LogP contribution < -0.4 is 10.1 Å². The van der Waals surface area contributed by atoms with Crippen LogP contribution in [0.25, 0.3) is 0 Å². The Hall–Kier alpha value is -2.12. The lowest BCUT2D eigenvalue weighted by Crippen LogP contribution is -2.19. The number of nitrogens with one attached hydrogen (secondary N) is 1. The van der Waals surface area contributed by atoms with Gasteiger partial charge in [0.25, 0.3) is 5.91 Å². The molecule has 1 aromatic carbocycles. The molecule has 1 heterocycles. The molecule has 8 heteroatoms. The number of hydrogen-bond donors (Lipinski definition) is 2. The van der Waals surface area contributed by atoms with E-state index in [0.717, 1.165) is 23.5 Å². The molecular weight excluding hydrogens is 321 g/mol. The minimum Gasteiger partial charge on any atom is -0.482 e. The standard InChI is InChI=1S/C13H9ClFNO4S/c14-8-5-7(15)1-2-9(8)20-6-11(17)16-12-4-3-10(21-12)13(18)19/h1-5H,6H2,(H,16,17)(H,18,19). The lowest BCUT2D eigenvalue weighted by molar-refractivity contribution is -0.118. The fourth-order valence-corrected chi connectivity index (χ4v) is 2.41. The number of aromatic carboxylic acids is 1. The number of carboxylic acids is 1. The summed E-state index contributed by atoms with van der Waals surface area (Å²) in [6, 6.07) is 6.43. The van der Waals surface area contributed by atoms with Crippen LogP contribution in [0.2, 0.25) is 5.02 Å². The van der Waals surface area contributed by atoms with Gasteiger partial charge in [-0.15, -0.1) is 11.3 Å². The lowest BCUT2D eigenvalue weighted by Gasteiger charge is -2.07. The molecule has 0 saturated carbocycles. The molecule has 2 aromatic rings. The summed E-state index contributed by atoms with van der Waals surface area (Å²) in [7, 11) is 0. The maximum absolute atomic E-state index is 12.8. The number of carbonyl (C=O) groups excluding carboxylic acids is 1. The van der Waals surface area contributed by atoms with Crippen LogP contribution in [-0.2, 0) is 4.79 Å². The Labute approximate surface area is 127 Å². The summed E-state index contributed by atoms with van der Waals surface area (Å²) in [6.07, 6.45) is 0. The number of thiophene rings is 1. The van der Waals surface area contributed by atoms with Gasteiger partial charge in [0.05, 0.1) is 10.0 Å². The molecule has 5 nitrogen and oxygen atoms in total. The van der Waals surface area contributed by atoms with E-state index in [4.69, 9.17) is 21.4 Å². The molecule has 2 rings (SSSR count). The third-order valence-corrected chi connectivity index (χ3v) is 3.62. The van der Waals surface area contributed by atoms with Crippen molar-refractivity contribution < 1.29 is 23.8 Å². The zero-order chi connectivity index (χ0) is 15.4. The van der Waals surface area contributed by atoms with Gasteiger partial charge in [0.1, 0.15) is 16.4 Å². The van der Waals surface area contributed by atoms with Crippen LogP contribution in [0.1, 0.15) is 9.67 Å². The van der Waals surface area contributed by atoms with E-state index in [2.05, 4.69) is 5.32 Å². The molecule has 0 fully saturated rings. The predicted octanol–water partition coefficient (Wildman–Crippen LogP) is 3.26. The van der Waals surface area contributed by atoms with E-state index in [1.54, 1.807) is 0 Å². The highest BCUT2D eigenvalue weighted by atomic mass is 35.5. The number of benzene rings is 1. The van der Waals surface area contributed by atoms with Crippen molar-refractivity contribution in [3.8, 4) is 5.75 Å². The fraction of sp³-hybridized carbons (Fsp3) is 0.0769. The maximum Gasteiger partial charge on any atom is 0.345 e. The molecule has 0 radical (unpaired) electrons. The van der Waals surface area contributed by atoms with E-state index in [-0.39, 0.29) is 22.3 Å². The van der Waals surface area contributed by atoms with Crippen molar-refractivity contribution in [2.45, 2.75) is 0 Å². The quantitative estimate of drug-likeness (QED) is 0.883. The second-order valence-corrected chi connectivity index (χ2v) is 5.37. The number of amides is 1. The number of ether oxygens (including phenoxy) is 1. The number of carbonyl (C=O) groups is 2. The molecule has 0 spiro atoms. The molecular formula is C13H9ClFNO4S. The molecule has 0 aliphatic rings. The van der Waals surface area contributed by atoms with Crippen LogP contribution in [0.3, 0.4) is 0 Å². The summed E-state index contributed by atoms with van der Waals surface area (Å²) in [5.41, 5.74) is 0. The van der Waals surface area contributed by atoms with Gasteiger partial charge in [0.2, 0.25) is 0 Å². The van der Waals surface area contributed by atoms with Crippen molar-refractivity contribution in [2.24, 2.45) is 0 Å². The molecule has 2 N–H and O–H groups in total. The molecule has 110 valence electrons. The number of carboxylic acid groups (broad SMARTS) is 1. The second-order valence-electron chi connectivity index (χ2n) is 3.88. The summed E-state index contributed by atoms with van der Waals surface area (Å²) in [6.45, 7) is -0.328. The van der Waals surface area contributed by atoms with Crippen LogP contribution >= 0.6 is 22.9 Å². The Morgan fingerprint density at radius 3 is 2.71 bits per heavy atom. The number of halogens is 2. The largest absolute Gasteiger partial charge is 0.482 e. The minimum absolute atomic E-state index is 0.0621. The molecule has 0 saturated heterocycles. The maximum atomic E-state index is 12.8. The first-order valence-electron chi connectivity index (χ1n) is 5.66. The van der Waals surface area contributed by atoms with Gasteiger partial charge in [-0.1, -0.05) is 11.6 Å². The topological polar surface area (TPSA) is 75.6 Å². The summed E-state index contributed by atoms with van der Waals surface area (Å²) in [5.74, 6) is -1.86. The minimum atomic E-state index is -1.06. The molecule has 0 bridgehead atoms. The van der Waals surface area contributed by atoms with Gasteiger partial charge in [-0.25, -0.2) is 9.18 Å². The van der Waals surface area contributed by atoms with Gasteiger partial charge in [0.15, 0.2) is 6.61 Å². The highest BCUT2D eigenvalue weighted by Crippen LogP contribution is 2.25. The van der Waals surface area contributed by atoms with E-state index in [9.17, 15) is 14.0 Å². The van der Waals surface area contributed by atoms with Crippen LogP contribution in [0.4, 0.5) is 9.39 Å². The third-order valence-electron chi connectivity index (χ3n) is 2.33. The van der Waals surface area contributed by atoms with Crippen molar-refractivity contribution in [2.75, 3.05) is 11.9 Å². The third kappa shape index (κ3) is 4.17. The zero-order valence-electron chi connectivity index (χ0n) is 10.4. The van der Waals surface area contributed by atoms with Crippen molar-refractivity contribution in [1.29, 1.82) is 0 Å². The van der Waals surface area contributed by atoms with Gasteiger partial charge >= 0.3 is 5.97 Å². The van der Waals surface area contributed by atoms with Crippen molar-refractivity contribution in [3.05, 3.63) is 46.0 Å². The molecule has 0 aliphatic carbocycles. The van der Waals surface area contributed by atoms with E-state index >= 15 is 0 Å². The Balaban J connectivity index is 1.91. The van der Waals surface area contributed by atoms with Crippen molar-refractivity contribution >= 4 is 39.8 Å². The Morgan fingerprint density at radius 1 is 1.33 bits per heavy atom. The first kappa shape index (κ1) is 15.3. The average molecular weight is 330 g/mol. The summed E-state index contributed by atoms with van der Waals surface area (Å²) < 4.78 is 18.0. The second kappa shape index (κ2) is 6.55. The highest BCUT2D eigenvalue weighted by molar-refractivity contribution is 7.18. The van der Waals surface area contributed by atoms with Crippen molar-refractivity contribution in [3.63, 3.8) is 0 Å². The molecule has 21 heavy (non-hydrogen) atoms. The zero-order valence-corrected chi connectivity index (χ0v) is 12.0. The Bertz CT molecular complexity index is 689. The monoisotopic (exact) mass is 329 g/mol. The fourth-order valence-electron chi connectivity index (χ4n) is 1.43. The SMILES string of the molecule is O=C(COc1ccc(F)cc1Cl)Nc1ccc(C(=O)O)s1. The molecule has 0 unspecified atom stereocenters. The smallest absolute Gasteiger partial charge is 0.345 e. The van der Waals surface area contributed by atoms with Crippen molar-refractivity contribution in [1.82, 2.24) is 0 Å². The van der Waals surface area contributed by atoms with Crippen LogP contribution in [-0.4, -0.2) is 23.6 Å². The Morgan fingerprint density at radius 2 is 2.10 bits per heavy atom. The van der Waals surface area contributed by atoms with Crippen LogP contribution in [0.5, 0.6) is 5.75 Å². The van der Waals surface area contributed by atoms with Gasteiger partial charge in [-0.2, -0.15) is 0 Å². The van der Waals surface area contributed by atoms with Gasteiger partial charge < -0.3 is 15.2 Å². The first-order chi connectivity index (χ1) is 9.95. The molecule has 0 aliphatic heterocycles. The van der Waals surface area contributed by atoms with Gasteiger partial charge in [0, 0.05) is 0 Å². The predicted molar refractivity (Wildman–Crippen MR) is 76.8 cm³/mol. The summed E-state index contributed by atoms with van der Waals surface area (Å²) in [5, 5.41) is 11.7. The highest BCUT2D eigenvalue weighted by Gasteiger charge is 2.11. The van der Waals surface area contributed by atoms with E-state index < -0.39 is 17.7 Å².